The topological polar surface area (TPSA) is 49.8 Å². The zero-order chi connectivity index (χ0) is 14.8. The van der Waals surface area contributed by atoms with Gasteiger partial charge in [0.1, 0.15) is 11.6 Å². The van der Waals surface area contributed by atoms with E-state index in [0.29, 0.717) is 6.42 Å². The summed E-state index contributed by atoms with van der Waals surface area (Å²) in [7, 11) is 0. The lowest BCUT2D eigenvalue weighted by atomic mass is 9.91. The molecule has 0 aliphatic carbocycles. The van der Waals surface area contributed by atoms with Crippen molar-refractivity contribution in [3.63, 3.8) is 0 Å². The monoisotopic (exact) mass is 283 g/mol. The quantitative estimate of drug-likeness (QED) is 0.804. The zero-order valence-electron chi connectivity index (χ0n) is 11.3. The molecule has 1 aliphatic heterocycles. The second-order valence-electron chi connectivity index (χ2n) is 5.80. The van der Waals surface area contributed by atoms with Gasteiger partial charge in [0.2, 0.25) is 0 Å². The van der Waals surface area contributed by atoms with Crippen LogP contribution in [0.25, 0.3) is 0 Å². The van der Waals surface area contributed by atoms with Gasteiger partial charge in [-0.15, -0.1) is 0 Å². The van der Waals surface area contributed by atoms with Gasteiger partial charge in [-0.1, -0.05) is 0 Å². The summed E-state index contributed by atoms with van der Waals surface area (Å²) in [6, 6.07) is -1.88. The largest absolute Gasteiger partial charge is 0.444 e. The molecule has 4 nitrogen and oxygen atoms in total. The Morgan fingerprint density at radius 2 is 1.95 bits per heavy atom. The van der Waals surface area contributed by atoms with E-state index in [1.807, 2.05) is 0 Å². The van der Waals surface area contributed by atoms with Gasteiger partial charge in [-0.2, -0.15) is 13.2 Å². The predicted molar refractivity (Wildman–Crippen MR) is 62.6 cm³/mol. The molecule has 0 aromatic carbocycles. The molecule has 1 saturated heterocycles. The maximum atomic E-state index is 13.0. The van der Waals surface area contributed by atoms with Gasteiger partial charge in [0.15, 0.2) is 0 Å². The van der Waals surface area contributed by atoms with E-state index in [0.717, 1.165) is 4.90 Å². The molecular formula is C12H20F3NO3. The molecule has 1 aliphatic rings. The van der Waals surface area contributed by atoms with Gasteiger partial charge < -0.3 is 9.84 Å². The lowest BCUT2D eigenvalue weighted by Gasteiger charge is -2.40. The van der Waals surface area contributed by atoms with Crippen molar-refractivity contribution in [1.29, 1.82) is 0 Å². The average Bonchev–Trinajstić information content (AvgIpc) is 2.24. The Morgan fingerprint density at radius 3 is 2.37 bits per heavy atom. The molecule has 1 heterocycles. The molecule has 0 saturated carbocycles. The minimum Gasteiger partial charge on any atom is -0.444 e. The zero-order valence-corrected chi connectivity index (χ0v) is 11.3. The SMILES string of the molecule is CC(C)(C)OC(=O)N1CC[C@@H](CO)C[C@H]1C(F)(F)F. The first-order valence-corrected chi connectivity index (χ1v) is 6.22. The van der Waals surface area contributed by atoms with Gasteiger partial charge in [0.25, 0.3) is 0 Å². The number of aliphatic hydroxyl groups is 1. The second kappa shape index (κ2) is 5.56. The Balaban J connectivity index is 2.82. The van der Waals surface area contributed by atoms with E-state index in [9.17, 15) is 18.0 Å². The van der Waals surface area contributed by atoms with E-state index in [1.165, 1.54) is 0 Å². The molecule has 0 bridgehead atoms. The number of hydrogen-bond acceptors (Lipinski definition) is 3. The van der Waals surface area contributed by atoms with Crippen molar-refractivity contribution in [2.75, 3.05) is 13.2 Å². The number of alkyl halides is 3. The third kappa shape index (κ3) is 4.56. The summed E-state index contributed by atoms with van der Waals surface area (Å²) >= 11 is 0. The molecule has 19 heavy (non-hydrogen) atoms. The first-order chi connectivity index (χ1) is 8.54. The van der Waals surface area contributed by atoms with Crippen molar-refractivity contribution in [2.45, 2.75) is 51.4 Å². The normalized spacial score (nSPS) is 25.3. The molecular weight excluding hydrogens is 263 g/mol. The summed E-state index contributed by atoms with van der Waals surface area (Å²) in [5.41, 5.74) is -0.832. The van der Waals surface area contributed by atoms with Crippen LogP contribution in [0.4, 0.5) is 18.0 Å². The molecule has 1 fully saturated rings. The lowest BCUT2D eigenvalue weighted by Crippen LogP contribution is -2.54. The number of rotatable bonds is 1. The maximum Gasteiger partial charge on any atom is 0.410 e. The lowest BCUT2D eigenvalue weighted by molar-refractivity contribution is -0.192. The molecule has 1 rings (SSSR count). The van der Waals surface area contributed by atoms with E-state index in [-0.39, 0.29) is 19.6 Å². The van der Waals surface area contributed by atoms with E-state index < -0.39 is 29.8 Å². The molecule has 7 heteroatoms. The number of carbonyl (C=O) groups is 1. The number of aliphatic hydroxyl groups excluding tert-OH is 1. The molecule has 112 valence electrons. The fourth-order valence-corrected chi connectivity index (χ4v) is 2.05. The van der Waals surface area contributed by atoms with Crippen molar-refractivity contribution in [1.82, 2.24) is 4.90 Å². The maximum absolute atomic E-state index is 13.0. The second-order valence-corrected chi connectivity index (χ2v) is 5.80. The van der Waals surface area contributed by atoms with Crippen molar-refractivity contribution in [3.8, 4) is 0 Å². The number of ether oxygens (including phenoxy) is 1. The fourth-order valence-electron chi connectivity index (χ4n) is 2.05. The van der Waals surface area contributed by atoms with Crippen LogP contribution in [0.1, 0.15) is 33.6 Å². The van der Waals surface area contributed by atoms with E-state index in [4.69, 9.17) is 9.84 Å². The molecule has 0 aromatic rings. The van der Waals surface area contributed by atoms with Gasteiger partial charge in [0.05, 0.1) is 0 Å². The smallest absolute Gasteiger partial charge is 0.410 e. The van der Waals surface area contributed by atoms with Crippen LogP contribution in [0.5, 0.6) is 0 Å². The summed E-state index contributed by atoms with van der Waals surface area (Å²) in [6.07, 6.45) is -5.39. The van der Waals surface area contributed by atoms with Crippen LogP contribution < -0.4 is 0 Å². The number of carbonyl (C=O) groups excluding carboxylic acids is 1. The van der Waals surface area contributed by atoms with Crippen LogP contribution in [0.2, 0.25) is 0 Å². The summed E-state index contributed by atoms with van der Waals surface area (Å²) in [5.74, 6) is -0.426. The van der Waals surface area contributed by atoms with Crippen molar-refractivity contribution in [3.05, 3.63) is 0 Å². The highest BCUT2D eigenvalue weighted by atomic mass is 19.4. The van der Waals surface area contributed by atoms with Gasteiger partial charge in [0, 0.05) is 13.2 Å². The molecule has 0 spiro atoms. The summed E-state index contributed by atoms with van der Waals surface area (Å²) in [4.78, 5) is 12.5. The highest BCUT2D eigenvalue weighted by molar-refractivity contribution is 5.68. The summed E-state index contributed by atoms with van der Waals surface area (Å²) in [6.45, 7) is 4.47. The molecule has 1 amide bonds. The number of hydrogen-bond donors (Lipinski definition) is 1. The van der Waals surface area contributed by atoms with Crippen LogP contribution in [0, 0.1) is 5.92 Å². The first kappa shape index (κ1) is 16.1. The Bertz CT molecular complexity index is 325. The molecule has 1 N–H and O–H groups in total. The van der Waals surface area contributed by atoms with Crippen LogP contribution >= 0.6 is 0 Å². The van der Waals surface area contributed by atoms with E-state index >= 15 is 0 Å². The minimum atomic E-state index is -4.51. The number of piperidine rings is 1. The minimum absolute atomic E-state index is 0.0513. The van der Waals surface area contributed by atoms with Crippen LogP contribution in [-0.2, 0) is 4.74 Å². The van der Waals surface area contributed by atoms with Crippen molar-refractivity contribution in [2.24, 2.45) is 5.92 Å². The van der Waals surface area contributed by atoms with Crippen LogP contribution in [0.15, 0.2) is 0 Å². The van der Waals surface area contributed by atoms with Crippen molar-refractivity contribution < 1.29 is 27.8 Å². The fraction of sp³-hybridized carbons (Fsp3) is 0.917. The highest BCUT2D eigenvalue weighted by Gasteiger charge is 2.49. The van der Waals surface area contributed by atoms with Crippen LogP contribution in [0.3, 0.4) is 0 Å². The molecule has 0 unspecified atom stereocenters. The summed E-state index contributed by atoms with van der Waals surface area (Å²) in [5, 5.41) is 8.98. The predicted octanol–water partition coefficient (Wildman–Crippen LogP) is 2.56. The molecule has 2 atom stereocenters. The Hall–Kier alpha value is -0.980. The van der Waals surface area contributed by atoms with Crippen LogP contribution in [-0.4, -0.2) is 47.1 Å². The van der Waals surface area contributed by atoms with Gasteiger partial charge in [-0.05, 0) is 39.5 Å². The number of nitrogens with zero attached hydrogens (tertiary/aromatic N) is 1. The van der Waals surface area contributed by atoms with Gasteiger partial charge in [-0.25, -0.2) is 4.79 Å². The number of likely N-dealkylation sites (tertiary alicyclic amines) is 1. The first-order valence-electron chi connectivity index (χ1n) is 6.22. The van der Waals surface area contributed by atoms with Gasteiger partial charge >= 0.3 is 12.3 Å². The Kier molecular flexibility index (Phi) is 4.71. The standard InChI is InChI=1S/C12H20F3NO3/c1-11(2,3)19-10(18)16-5-4-8(7-17)6-9(16)12(13,14)15/h8-9,17H,4-7H2,1-3H3/t8-,9+/m1/s1. The Morgan fingerprint density at radius 1 is 1.37 bits per heavy atom. The average molecular weight is 283 g/mol. The van der Waals surface area contributed by atoms with Crippen molar-refractivity contribution >= 4 is 6.09 Å². The van der Waals surface area contributed by atoms with E-state index in [1.54, 1.807) is 20.8 Å². The highest BCUT2D eigenvalue weighted by Crippen LogP contribution is 2.35. The summed E-state index contributed by atoms with van der Waals surface area (Å²) < 4.78 is 43.9. The molecule has 0 aromatic heterocycles. The number of amides is 1. The molecule has 0 radical (unpaired) electrons. The van der Waals surface area contributed by atoms with Gasteiger partial charge in [-0.3, -0.25) is 4.90 Å². The third-order valence-electron chi connectivity index (χ3n) is 2.98. The third-order valence-corrected chi connectivity index (χ3v) is 2.98. The number of halogens is 3. The Labute approximate surface area is 110 Å². The van der Waals surface area contributed by atoms with E-state index in [2.05, 4.69) is 0 Å².